The van der Waals surface area contributed by atoms with Crippen LogP contribution in [0.3, 0.4) is 0 Å². The smallest absolute Gasteiger partial charge is 0.118 e. The topological polar surface area (TPSA) is 47.3 Å². The minimum atomic E-state index is -0.158. The van der Waals surface area contributed by atoms with Gasteiger partial charge in [-0.15, -0.1) is 0 Å². The van der Waals surface area contributed by atoms with Crippen molar-refractivity contribution in [2.75, 3.05) is 59.2 Å². The largest absolute Gasteiger partial charge is 0.465 e. The zero-order chi connectivity index (χ0) is 17.1. The zero-order valence-electron chi connectivity index (χ0n) is 15.2. The molecule has 1 spiro atoms. The number of nitrogens with zero attached hydrogens (tertiary/aromatic N) is 2. The molecule has 25 heavy (non-hydrogen) atoms. The van der Waals surface area contributed by atoms with Gasteiger partial charge in [0.05, 0.1) is 39.1 Å². The average molecular weight is 350 g/mol. The van der Waals surface area contributed by atoms with Gasteiger partial charge in [-0.05, 0) is 31.9 Å². The van der Waals surface area contributed by atoms with Crippen molar-refractivity contribution in [2.24, 2.45) is 0 Å². The first-order valence-corrected chi connectivity index (χ1v) is 9.54. The number of ether oxygens (including phenoxy) is 3. The van der Waals surface area contributed by atoms with Gasteiger partial charge in [0, 0.05) is 32.7 Å². The number of furan rings is 1. The van der Waals surface area contributed by atoms with Gasteiger partial charge in [0.1, 0.15) is 17.1 Å². The Bertz CT molecular complexity index is 557. The van der Waals surface area contributed by atoms with Crippen molar-refractivity contribution in [3.8, 4) is 0 Å². The van der Waals surface area contributed by atoms with Crippen molar-refractivity contribution < 1.29 is 18.6 Å². The van der Waals surface area contributed by atoms with E-state index in [9.17, 15) is 0 Å². The fourth-order valence-corrected chi connectivity index (χ4v) is 4.23. The van der Waals surface area contributed by atoms with Crippen molar-refractivity contribution in [3.63, 3.8) is 0 Å². The highest BCUT2D eigenvalue weighted by atomic mass is 16.6. The van der Waals surface area contributed by atoms with Crippen LogP contribution >= 0.6 is 0 Å². The quantitative estimate of drug-likeness (QED) is 0.823. The van der Waals surface area contributed by atoms with Gasteiger partial charge >= 0.3 is 0 Å². The summed E-state index contributed by atoms with van der Waals surface area (Å²) in [4.78, 5) is 4.89. The standard InChI is InChI=1S/C19H30N2O4/c1-16-2-3-17(24-16)12-21-8-11-23-15-19(14-21)5-4-18(25-19)13-20-6-9-22-10-7-20/h2-3,18H,4-15H2,1H3/t18-,19-/m1/s1. The number of rotatable bonds is 4. The predicted molar refractivity (Wildman–Crippen MR) is 93.6 cm³/mol. The predicted octanol–water partition coefficient (Wildman–Crippen LogP) is 1.67. The molecule has 0 N–H and O–H groups in total. The summed E-state index contributed by atoms with van der Waals surface area (Å²) in [6, 6.07) is 4.11. The van der Waals surface area contributed by atoms with E-state index >= 15 is 0 Å². The van der Waals surface area contributed by atoms with Gasteiger partial charge in [-0.25, -0.2) is 0 Å². The van der Waals surface area contributed by atoms with E-state index in [2.05, 4.69) is 15.9 Å². The molecule has 6 nitrogen and oxygen atoms in total. The molecule has 0 bridgehead atoms. The highest BCUT2D eigenvalue weighted by Gasteiger charge is 2.43. The molecule has 6 heteroatoms. The maximum atomic E-state index is 6.57. The minimum Gasteiger partial charge on any atom is -0.465 e. The Balaban J connectivity index is 1.35. The summed E-state index contributed by atoms with van der Waals surface area (Å²) < 4.78 is 23.7. The Morgan fingerprint density at radius 3 is 2.68 bits per heavy atom. The molecule has 1 aromatic rings. The molecular formula is C19H30N2O4. The fraction of sp³-hybridized carbons (Fsp3) is 0.789. The molecule has 0 amide bonds. The lowest BCUT2D eigenvalue weighted by Crippen LogP contribution is -2.46. The van der Waals surface area contributed by atoms with Crippen molar-refractivity contribution in [2.45, 2.75) is 38.0 Å². The molecule has 140 valence electrons. The molecular weight excluding hydrogens is 320 g/mol. The summed E-state index contributed by atoms with van der Waals surface area (Å²) in [6.45, 7) is 10.9. The Labute approximate surface area is 150 Å². The molecule has 0 unspecified atom stereocenters. The molecule has 3 fully saturated rings. The van der Waals surface area contributed by atoms with Crippen molar-refractivity contribution in [1.82, 2.24) is 9.80 Å². The van der Waals surface area contributed by atoms with Crippen molar-refractivity contribution in [1.29, 1.82) is 0 Å². The van der Waals surface area contributed by atoms with E-state index < -0.39 is 0 Å². The number of hydrogen-bond donors (Lipinski definition) is 0. The lowest BCUT2D eigenvalue weighted by atomic mass is 10.00. The van der Waals surface area contributed by atoms with Crippen LogP contribution in [0.4, 0.5) is 0 Å². The third-order valence-corrected chi connectivity index (χ3v) is 5.51. The van der Waals surface area contributed by atoms with Crippen LogP contribution in [0.2, 0.25) is 0 Å². The molecule has 3 aliphatic rings. The fourth-order valence-electron chi connectivity index (χ4n) is 4.23. The van der Waals surface area contributed by atoms with Gasteiger partial charge in [-0.3, -0.25) is 9.80 Å². The van der Waals surface area contributed by atoms with E-state index in [1.165, 1.54) is 0 Å². The van der Waals surface area contributed by atoms with E-state index in [-0.39, 0.29) is 5.60 Å². The monoisotopic (exact) mass is 350 g/mol. The molecule has 0 radical (unpaired) electrons. The Morgan fingerprint density at radius 2 is 1.88 bits per heavy atom. The summed E-state index contributed by atoms with van der Waals surface area (Å²) in [5.74, 6) is 2.00. The number of morpholine rings is 1. The molecule has 4 rings (SSSR count). The molecule has 3 aliphatic heterocycles. The minimum absolute atomic E-state index is 0.158. The van der Waals surface area contributed by atoms with E-state index in [1.54, 1.807) is 0 Å². The number of aryl methyl sites for hydroxylation is 1. The van der Waals surface area contributed by atoms with E-state index in [0.29, 0.717) is 12.7 Å². The van der Waals surface area contributed by atoms with Crippen LogP contribution in [0.5, 0.6) is 0 Å². The van der Waals surface area contributed by atoms with Crippen LogP contribution in [-0.2, 0) is 20.8 Å². The third kappa shape index (κ3) is 4.44. The van der Waals surface area contributed by atoms with Crippen LogP contribution in [-0.4, -0.2) is 80.7 Å². The summed E-state index contributed by atoms with van der Waals surface area (Å²) in [7, 11) is 0. The van der Waals surface area contributed by atoms with Gasteiger partial charge in [-0.2, -0.15) is 0 Å². The molecule has 4 heterocycles. The van der Waals surface area contributed by atoms with Crippen molar-refractivity contribution in [3.05, 3.63) is 23.7 Å². The van der Waals surface area contributed by atoms with Crippen LogP contribution < -0.4 is 0 Å². The van der Waals surface area contributed by atoms with E-state index in [4.69, 9.17) is 18.6 Å². The van der Waals surface area contributed by atoms with E-state index in [1.807, 2.05) is 13.0 Å². The molecule has 1 aromatic heterocycles. The summed E-state index contributed by atoms with van der Waals surface area (Å²) in [5.41, 5.74) is -0.158. The second-order valence-corrected chi connectivity index (χ2v) is 7.65. The number of hydrogen-bond acceptors (Lipinski definition) is 6. The average Bonchev–Trinajstić information content (AvgIpc) is 3.12. The first-order valence-electron chi connectivity index (χ1n) is 9.54. The highest BCUT2D eigenvalue weighted by Crippen LogP contribution is 2.34. The van der Waals surface area contributed by atoms with Gasteiger partial charge in [-0.1, -0.05) is 0 Å². The van der Waals surface area contributed by atoms with Gasteiger partial charge in [0.25, 0.3) is 0 Å². The molecule has 0 aromatic carbocycles. The van der Waals surface area contributed by atoms with Gasteiger partial charge in [0.15, 0.2) is 0 Å². The molecule has 2 atom stereocenters. The van der Waals surface area contributed by atoms with Crippen LogP contribution in [0, 0.1) is 6.92 Å². The molecule has 0 aliphatic carbocycles. The first kappa shape index (κ1) is 17.5. The van der Waals surface area contributed by atoms with Gasteiger partial charge in [0.2, 0.25) is 0 Å². The first-order chi connectivity index (χ1) is 12.2. The Morgan fingerprint density at radius 1 is 1.08 bits per heavy atom. The van der Waals surface area contributed by atoms with Crippen LogP contribution in [0.25, 0.3) is 0 Å². The second-order valence-electron chi connectivity index (χ2n) is 7.65. The SMILES string of the molecule is Cc1ccc(CN2CCOC[C@@]3(CC[C@H](CN4CCOCC4)O3)C2)o1. The maximum Gasteiger partial charge on any atom is 0.118 e. The molecule has 3 saturated heterocycles. The van der Waals surface area contributed by atoms with Crippen molar-refractivity contribution >= 4 is 0 Å². The van der Waals surface area contributed by atoms with Crippen LogP contribution in [0.1, 0.15) is 24.4 Å². The van der Waals surface area contributed by atoms with Gasteiger partial charge < -0.3 is 18.6 Å². The lowest BCUT2D eigenvalue weighted by molar-refractivity contribution is -0.0969. The molecule has 0 saturated carbocycles. The third-order valence-electron chi connectivity index (χ3n) is 5.51. The lowest BCUT2D eigenvalue weighted by Gasteiger charge is -2.33. The Hall–Kier alpha value is -0.920. The van der Waals surface area contributed by atoms with Crippen LogP contribution in [0.15, 0.2) is 16.5 Å². The second kappa shape index (κ2) is 7.76. The zero-order valence-corrected chi connectivity index (χ0v) is 15.2. The Kier molecular flexibility index (Phi) is 5.43. The summed E-state index contributed by atoms with van der Waals surface area (Å²) in [6.07, 6.45) is 2.51. The van der Waals surface area contributed by atoms with E-state index in [0.717, 1.165) is 83.5 Å². The normalized spacial score (nSPS) is 32.3. The highest BCUT2D eigenvalue weighted by molar-refractivity contribution is 5.06. The maximum absolute atomic E-state index is 6.57. The summed E-state index contributed by atoms with van der Waals surface area (Å²) in [5, 5.41) is 0. The summed E-state index contributed by atoms with van der Waals surface area (Å²) >= 11 is 0.